The second kappa shape index (κ2) is 6.32. The number of nitrogens with zero attached hydrogens (tertiary/aromatic N) is 4. The smallest absolute Gasteiger partial charge is 0.228 e. The SMILES string of the molecule is CC1=CCN(C(=O)[C@H]2CCC(=O)N(C3CC3)[C@@H]2c2ccnn2C)CC1. The normalized spacial score (nSPS) is 27.4. The van der Waals surface area contributed by atoms with Gasteiger partial charge in [-0.1, -0.05) is 11.6 Å². The van der Waals surface area contributed by atoms with E-state index in [1.807, 2.05) is 27.6 Å². The third-order valence-corrected chi connectivity index (χ3v) is 5.81. The number of rotatable bonds is 3. The number of amides is 2. The molecule has 4 rings (SSSR count). The number of piperidine rings is 1. The Morgan fingerprint density at radius 1 is 1.24 bits per heavy atom. The number of hydrogen-bond acceptors (Lipinski definition) is 3. The van der Waals surface area contributed by atoms with Crippen LogP contribution in [0.2, 0.25) is 0 Å². The largest absolute Gasteiger partial charge is 0.338 e. The predicted octanol–water partition coefficient (Wildman–Crippen LogP) is 2.04. The molecule has 3 heterocycles. The molecule has 25 heavy (non-hydrogen) atoms. The van der Waals surface area contributed by atoms with E-state index in [2.05, 4.69) is 18.1 Å². The highest BCUT2D eigenvalue weighted by atomic mass is 16.2. The first-order valence-electron chi connectivity index (χ1n) is 9.29. The lowest BCUT2D eigenvalue weighted by atomic mass is 9.84. The first-order valence-corrected chi connectivity index (χ1v) is 9.29. The predicted molar refractivity (Wildman–Crippen MR) is 93.5 cm³/mol. The Morgan fingerprint density at radius 3 is 2.64 bits per heavy atom. The molecule has 6 heteroatoms. The first kappa shape index (κ1) is 16.4. The maximum absolute atomic E-state index is 13.3. The average molecular weight is 342 g/mol. The molecular weight excluding hydrogens is 316 g/mol. The van der Waals surface area contributed by atoms with Gasteiger partial charge in [-0.25, -0.2) is 0 Å². The summed E-state index contributed by atoms with van der Waals surface area (Å²) in [6.07, 6.45) is 8.06. The van der Waals surface area contributed by atoms with Crippen molar-refractivity contribution in [2.75, 3.05) is 13.1 Å². The number of carbonyl (C=O) groups is 2. The molecule has 1 aromatic heterocycles. The maximum Gasteiger partial charge on any atom is 0.228 e. The summed E-state index contributed by atoms with van der Waals surface area (Å²) >= 11 is 0. The minimum Gasteiger partial charge on any atom is -0.338 e. The molecule has 1 saturated carbocycles. The molecule has 2 aliphatic heterocycles. The Hall–Kier alpha value is -2.11. The van der Waals surface area contributed by atoms with Gasteiger partial charge >= 0.3 is 0 Å². The molecule has 1 aromatic rings. The van der Waals surface area contributed by atoms with Crippen molar-refractivity contribution < 1.29 is 9.59 Å². The van der Waals surface area contributed by atoms with E-state index in [1.54, 1.807) is 6.20 Å². The van der Waals surface area contributed by atoms with Crippen molar-refractivity contribution in [1.82, 2.24) is 19.6 Å². The van der Waals surface area contributed by atoms with E-state index in [9.17, 15) is 9.59 Å². The molecule has 6 nitrogen and oxygen atoms in total. The van der Waals surface area contributed by atoms with Crippen LogP contribution in [-0.4, -0.2) is 50.5 Å². The highest BCUT2D eigenvalue weighted by Crippen LogP contribution is 2.44. The van der Waals surface area contributed by atoms with Crippen molar-refractivity contribution in [2.45, 2.75) is 51.1 Å². The van der Waals surface area contributed by atoms with E-state index >= 15 is 0 Å². The van der Waals surface area contributed by atoms with Crippen LogP contribution < -0.4 is 0 Å². The molecule has 0 radical (unpaired) electrons. The molecule has 2 fully saturated rings. The number of aryl methyl sites for hydroxylation is 1. The zero-order chi connectivity index (χ0) is 17.6. The number of likely N-dealkylation sites (tertiary alicyclic amines) is 1. The number of hydrogen-bond donors (Lipinski definition) is 0. The van der Waals surface area contributed by atoms with Gasteiger partial charge in [0.05, 0.1) is 17.7 Å². The molecule has 3 aliphatic rings. The van der Waals surface area contributed by atoms with Crippen molar-refractivity contribution in [3.05, 3.63) is 29.6 Å². The van der Waals surface area contributed by atoms with Gasteiger partial charge in [0.25, 0.3) is 0 Å². The molecule has 0 spiro atoms. The summed E-state index contributed by atoms with van der Waals surface area (Å²) in [5, 5.41) is 4.29. The van der Waals surface area contributed by atoms with E-state index in [-0.39, 0.29) is 23.8 Å². The Labute approximate surface area is 148 Å². The quantitative estimate of drug-likeness (QED) is 0.790. The van der Waals surface area contributed by atoms with Crippen molar-refractivity contribution in [3.63, 3.8) is 0 Å². The molecule has 134 valence electrons. The summed E-state index contributed by atoms with van der Waals surface area (Å²) in [6.45, 7) is 3.60. The molecule has 1 saturated heterocycles. The number of aromatic nitrogens is 2. The van der Waals surface area contributed by atoms with Crippen LogP contribution in [0.1, 0.15) is 50.8 Å². The van der Waals surface area contributed by atoms with Crippen LogP contribution in [0.25, 0.3) is 0 Å². The third kappa shape index (κ3) is 2.98. The third-order valence-electron chi connectivity index (χ3n) is 5.81. The van der Waals surface area contributed by atoms with Crippen LogP contribution in [0, 0.1) is 5.92 Å². The van der Waals surface area contributed by atoms with Gasteiger partial charge < -0.3 is 9.80 Å². The minimum atomic E-state index is -0.180. The van der Waals surface area contributed by atoms with Crippen molar-refractivity contribution in [1.29, 1.82) is 0 Å². The van der Waals surface area contributed by atoms with Gasteiger partial charge in [0.15, 0.2) is 0 Å². The van der Waals surface area contributed by atoms with E-state index in [4.69, 9.17) is 0 Å². The zero-order valence-corrected chi connectivity index (χ0v) is 15.0. The summed E-state index contributed by atoms with van der Waals surface area (Å²) in [5.41, 5.74) is 2.33. The lowest BCUT2D eigenvalue weighted by Crippen LogP contribution is -2.51. The van der Waals surface area contributed by atoms with Crippen LogP contribution >= 0.6 is 0 Å². The molecular formula is C19H26N4O2. The van der Waals surface area contributed by atoms with E-state index < -0.39 is 0 Å². The molecule has 0 unspecified atom stereocenters. The fourth-order valence-corrected chi connectivity index (χ4v) is 4.19. The van der Waals surface area contributed by atoms with Crippen LogP contribution in [0.4, 0.5) is 0 Å². The van der Waals surface area contributed by atoms with Crippen molar-refractivity contribution >= 4 is 11.8 Å². The van der Waals surface area contributed by atoms with E-state index in [0.29, 0.717) is 25.4 Å². The van der Waals surface area contributed by atoms with Crippen molar-refractivity contribution in [2.24, 2.45) is 13.0 Å². The molecule has 0 aromatic carbocycles. The summed E-state index contributed by atoms with van der Waals surface area (Å²) in [5.74, 6) is 0.209. The number of carbonyl (C=O) groups excluding carboxylic acids is 2. The topological polar surface area (TPSA) is 58.4 Å². The molecule has 0 N–H and O–H groups in total. The van der Waals surface area contributed by atoms with Gasteiger partial charge in [-0.2, -0.15) is 5.10 Å². The average Bonchev–Trinajstić information content (AvgIpc) is 3.35. The fraction of sp³-hybridized carbons (Fsp3) is 0.632. The Balaban J connectivity index is 1.66. The van der Waals surface area contributed by atoms with Crippen LogP contribution in [0.3, 0.4) is 0 Å². The lowest BCUT2D eigenvalue weighted by molar-refractivity contribution is -0.148. The standard InChI is InChI=1S/C19H26N4O2/c1-13-8-11-22(12-9-13)19(25)15-5-6-17(24)23(14-3-4-14)18(15)16-7-10-20-21(16)2/h7-8,10,14-15,18H,3-6,9,11-12H2,1-2H3/t15-,18-/m0/s1. The molecule has 1 aliphatic carbocycles. The fourth-order valence-electron chi connectivity index (χ4n) is 4.19. The molecule has 0 bridgehead atoms. The first-order chi connectivity index (χ1) is 12.1. The van der Waals surface area contributed by atoms with Gasteiger partial charge in [-0.15, -0.1) is 0 Å². The Kier molecular flexibility index (Phi) is 4.13. The van der Waals surface area contributed by atoms with E-state index in [1.165, 1.54) is 5.57 Å². The van der Waals surface area contributed by atoms with Crippen molar-refractivity contribution in [3.8, 4) is 0 Å². The second-order valence-electron chi connectivity index (χ2n) is 7.59. The van der Waals surface area contributed by atoms with E-state index in [0.717, 1.165) is 31.5 Å². The summed E-state index contributed by atoms with van der Waals surface area (Å²) in [7, 11) is 1.90. The van der Waals surface area contributed by atoms with Gasteiger partial charge in [0.2, 0.25) is 11.8 Å². The summed E-state index contributed by atoms with van der Waals surface area (Å²) < 4.78 is 1.82. The van der Waals surface area contributed by atoms with Gasteiger partial charge in [0.1, 0.15) is 0 Å². The molecule has 2 amide bonds. The van der Waals surface area contributed by atoms with Crippen LogP contribution in [0.15, 0.2) is 23.9 Å². The minimum absolute atomic E-state index is 0.166. The summed E-state index contributed by atoms with van der Waals surface area (Å²) in [4.78, 5) is 29.9. The van der Waals surface area contributed by atoms with Gasteiger partial charge in [0, 0.05) is 38.8 Å². The summed E-state index contributed by atoms with van der Waals surface area (Å²) in [6, 6.07) is 2.08. The highest BCUT2D eigenvalue weighted by molar-refractivity contribution is 5.85. The Morgan fingerprint density at radius 2 is 2.04 bits per heavy atom. The Bertz CT molecular complexity index is 719. The van der Waals surface area contributed by atoms with Gasteiger partial charge in [-0.3, -0.25) is 14.3 Å². The highest BCUT2D eigenvalue weighted by Gasteiger charge is 2.48. The van der Waals surface area contributed by atoms with Gasteiger partial charge in [-0.05, 0) is 38.7 Å². The molecule has 2 atom stereocenters. The zero-order valence-electron chi connectivity index (χ0n) is 15.0. The lowest BCUT2D eigenvalue weighted by Gasteiger charge is -2.42. The van der Waals surface area contributed by atoms with Crippen LogP contribution in [-0.2, 0) is 16.6 Å². The second-order valence-corrected chi connectivity index (χ2v) is 7.59. The van der Waals surface area contributed by atoms with Crippen LogP contribution in [0.5, 0.6) is 0 Å². The monoisotopic (exact) mass is 342 g/mol. The maximum atomic E-state index is 13.3.